The third-order valence-corrected chi connectivity index (χ3v) is 2.65. The topological polar surface area (TPSA) is 92.4 Å². The van der Waals surface area contributed by atoms with Gasteiger partial charge in [0, 0.05) is 18.5 Å². The summed E-state index contributed by atoms with van der Waals surface area (Å²) >= 11 is 0. The molecule has 0 aliphatic carbocycles. The average Bonchev–Trinajstić information content (AvgIpc) is 2.99. The van der Waals surface area contributed by atoms with Crippen LogP contribution in [0.25, 0.3) is 6.08 Å². The van der Waals surface area contributed by atoms with Gasteiger partial charge in [-0.1, -0.05) is 24.3 Å². The Kier molecular flexibility index (Phi) is 4.30. The maximum absolute atomic E-state index is 11.6. The zero-order valence-electron chi connectivity index (χ0n) is 10.9. The highest BCUT2D eigenvalue weighted by Gasteiger charge is 2.08. The van der Waals surface area contributed by atoms with E-state index in [1.807, 2.05) is 0 Å². The molecule has 106 valence electrons. The van der Waals surface area contributed by atoms with Crippen molar-refractivity contribution in [3.05, 3.63) is 66.3 Å². The predicted octanol–water partition coefficient (Wildman–Crippen LogP) is 2.20. The summed E-state index contributed by atoms with van der Waals surface area (Å²) in [5.41, 5.74) is 0.431. The molecule has 2 rings (SSSR count). The smallest absolute Gasteiger partial charge is 0.339 e. The van der Waals surface area contributed by atoms with Crippen molar-refractivity contribution in [2.75, 3.05) is 0 Å². The van der Waals surface area contributed by atoms with E-state index in [4.69, 9.17) is 5.11 Å². The summed E-state index contributed by atoms with van der Waals surface area (Å²) in [5, 5.41) is 18.3. The van der Waals surface area contributed by atoms with Crippen LogP contribution in [0.4, 0.5) is 0 Å². The minimum absolute atomic E-state index is 0.171. The molecule has 0 saturated carbocycles. The van der Waals surface area contributed by atoms with Crippen molar-refractivity contribution in [2.24, 2.45) is 0 Å². The van der Waals surface area contributed by atoms with Gasteiger partial charge < -0.3 is 10.2 Å². The zero-order chi connectivity index (χ0) is 15.2. The number of hydrogen-bond acceptors (Lipinski definition) is 4. The highest BCUT2D eigenvalue weighted by molar-refractivity contribution is 5.91. The van der Waals surface area contributed by atoms with Crippen molar-refractivity contribution in [3.8, 4) is 5.75 Å². The van der Waals surface area contributed by atoms with Crippen LogP contribution < -0.4 is 0 Å². The van der Waals surface area contributed by atoms with Gasteiger partial charge in [-0.25, -0.2) is 9.78 Å². The number of benzene rings is 1. The summed E-state index contributed by atoms with van der Waals surface area (Å²) in [6, 6.07) is 4.23. The quantitative estimate of drug-likeness (QED) is 0.663. The summed E-state index contributed by atoms with van der Waals surface area (Å²) in [6.45, 7) is 0. The number of carbonyl (C=O) groups is 2. The van der Waals surface area contributed by atoms with Gasteiger partial charge >= 0.3 is 5.97 Å². The van der Waals surface area contributed by atoms with Gasteiger partial charge in [0.2, 0.25) is 0 Å². The molecule has 21 heavy (non-hydrogen) atoms. The zero-order valence-corrected chi connectivity index (χ0v) is 10.9. The molecule has 2 N–H and O–H groups in total. The van der Waals surface area contributed by atoms with Crippen molar-refractivity contribution < 1.29 is 19.8 Å². The van der Waals surface area contributed by atoms with Crippen LogP contribution in [-0.4, -0.2) is 31.6 Å². The summed E-state index contributed by atoms with van der Waals surface area (Å²) in [5.74, 6) is -1.73. The second kappa shape index (κ2) is 6.33. The normalized spacial score (nSPS) is 11.2. The monoisotopic (exact) mass is 284 g/mol. The maximum Gasteiger partial charge on any atom is 0.339 e. The molecule has 0 aliphatic heterocycles. The van der Waals surface area contributed by atoms with E-state index in [1.54, 1.807) is 18.2 Å². The standard InChI is InChI=1S/C15H12N2O4/c18-13-6-5-11(9-12(13)15(20)21)3-1-2-4-14(19)17-8-7-16-10-17/h1-10,18H,(H,20,21)/b3-1+,4-2+. The molecule has 1 aromatic heterocycles. The second-order valence-electron chi connectivity index (χ2n) is 4.11. The lowest BCUT2D eigenvalue weighted by Gasteiger charge is -2.00. The lowest BCUT2D eigenvalue weighted by molar-refractivity contribution is 0.0693. The largest absolute Gasteiger partial charge is 0.507 e. The van der Waals surface area contributed by atoms with Gasteiger partial charge in [0.25, 0.3) is 5.91 Å². The minimum Gasteiger partial charge on any atom is -0.507 e. The molecule has 2 aromatic rings. The molecule has 1 aromatic carbocycles. The molecule has 0 aliphatic rings. The predicted molar refractivity (Wildman–Crippen MR) is 76.1 cm³/mol. The van der Waals surface area contributed by atoms with E-state index in [-0.39, 0.29) is 17.2 Å². The Morgan fingerprint density at radius 1 is 1.24 bits per heavy atom. The number of nitrogens with zero attached hydrogens (tertiary/aromatic N) is 2. The Labute approximate surface area is 120 Å². The van der Waals surface area contributed by atoms with Gasteiger partial charge in [0.1, 0.15) is 17.6 Å². The molecule has 0 radical (unpaired) electrons. The first-order valence-electron chi connectivity index (χ1n) is 6.01. The Morgan fingerprint density at radius 2 is 2.05 bits per heavy atom. The van der Waals surface area contributed by atoms with E-state index in [9.17, 15) is 14.7 Å². The van der Waals surface area contributed by atoms with Crippen LogP contribution in [0.3, 0.4) is 0 Å². The third-order valence-electron chi connectivity index (χ3n) is 2.65. The van der Waals surface area contributed by atoms with Gasteiger partial charge in [-0.15, -0.1) is 0 Å². The van der Waals surface area contributed by atoms with Crippen LogP contribution in [-0.2, 0) is 0 Å². The van der Waals surface area contributed by atoms with E-state index >= 15 is 0 Å². The first kappa shape index (κ1) is 14.3. The van der Waals surface area contributed by atoms with Crippen LogP contribution >= 0.6 is 0 Å². The SMILES string of the molecule is O=C(O)c1cc(/C=C/C=C/C(=O)n2ccnc2)ccc1O. The number of carbonyl (C=O) groups excluding carboxylic acids is 1. The number of carboxylic acid groups (broad SMARTS) is 1. The molecule has 6 heteroatoms. The van der Waals surface area contributed by atoms with Crippen molar-refractivity contribution in [1.82, 2.24) is 9.55 Å². The van der Waals surface area contributed by atoms with Crippen LogP contribution in [0, 0.1) is 0 Å². The van der Waals surface area contributed by atoms with E-state index in [0.29, 0.717) is 5.56 Å². The van der Waals surface area contributed by atoms with Crippen LogP contribution in [0.15, 0.2) is 55.1 Å². The van der Waals surface area contributed by atoms with Gasteiger partial charge in [-0.3, -0.25) is 9.36 Å². The minimum atomic E-state index is -1.20. The Hall–Kier alpha value is -3.15. The molecule has 1 heterocycles. The molecule has 0 amide bonds. The van der Waals surface area contributed by atoms with Crippen LogP contribution in [0.1, 0.15) is 20.7 Å². The number of imidazole rings is 1. The van der Waals surface area contributed by atoms with Crippen molar-refractivity contribution in [1.29, 1.82) is 0 Å². The molecule has 6 nitrogen and oxygen atoms in total. The fourth-order valence-electron chi connectivity index (χ4n) is 1.61. The van der Waals surface area contributed by atoms with Crippen molar-refractivity contribution in [2.45, 2.75) is 0 Å². The lowest BCUT2D eigenvalue weighted by atomic mass is 10.1. The summed E-state index contributed by atoms with van der Waals surface area (Å²) in [6.07, 6.45) is 10.6. The van der Waals surface area contributed by atoms with E-state index in [1.165, 1.54) is 47.6 Å². The van der Waals surface area contributed by atoms with Crippen LogP contribution in [0.2, 0.25) is 0 Å². The molecule has 0 unspecified atom stereocenters. The molecule has 0 bridgehead atoms. The first-order chi connectivity index (χ1) is 10.1. The molecule has 0 atom stereocenters. The van der Waals surface area contributed by atoms with Crippen molar-refractivity contribution in [3.63, 3.8) is 0 Å². The Bertz CT molecular complexity index is 715. The first-order valence-corrected chi connectivity index (χ1v) is 6.01. The second-order valence-corrected chi connectivity index (χ2v) is 4.11. The fourth-order valence-corrected chi connectivity index (χ4v) is 1.61. The third kappa shape index (κ3) is 3.66. The van der Waals surface area contributed by atoms with E-state index in [2.05, 4.69) is 4.98 Å². The highest BCUT2D eigenvalue weighted by atomic mass is 16.4. The van der Waals surface area contributed by atoms with Gasteiger partial charge in [-0.05, 0) is 17.7 Å². The number of carboxylic acids is 1. The number of aromatic carboxylic acids is 1. The highest BCUT2D eigenvalue weighted by Crippen LogP contribution is 2.19. The molecular formula is C15H12N2O4. The molecule has 0 spiro atoms. The summed E-state index contributed by atoms with van der Waals surface area (Å²) in [4.78, 5) is 26.2. The Balaban J connectivity index is 2.06. The molecule has 0 fully saturated rings. The Morgan fingerprint density at radius 3 is 2.71 bits per heavy atom. The number of hydrogen-bond donors (Lipinski definition) is 2. The van der Waals surface area contributed by atoms with Gasteiger partial charge in [0.15, 0.2) is 0 Å². The summed E-state index contributed by atoms with van der Waals surface area (Å²) < 4.78 is 1.33. The summed E-state index contributed by atoms with van der Waals surface area (Å²) in [7, 11) is 0. The number of aromatic nitrogens is 2. The van der Waals surface area contributed by atoms with E-state index < -0.39 is 5.97 Å². The number of aromatic hydroxyl groups is 1. The average molecular weight is 284 g/mol. The van der Waals surface area contributed by atoms with Gasteiger partial charge in [0.05, 0.1) is 0 Å². The fraction of sp³-hybridized carbons (Fsp3) is 0. The number of rotatable bonds is 4. The van der Waals surface area contributed by atoms with Gasteiger partial charge in [-0.2, -0.15) is 0 Å². The van der Waals surface area contributed by atoms with Crippen molar-refractivity contribution >= 4 is 18.0 Å². The lowest BCUT2D eigenvalue weighted by Crippen LogP contribution is -2.03. The molecule has 0 saturated heterocycles. The number of phenols is 1. The van der Waals surface area contributed by atoms with Crippen LogP contribution in [0.5, 0.6) is 5.75 Å². The number of allylic oxidation sites excluding steroid dienone is 3. The molecular weight excluding hydrogens is 272 g/mol. The van der Waals surface area contributed by atoms with E-state index in [0.717, 1.165) is 0 Å². The maximum atomic E-state index is 11.6.